The van der Waals surface area contributed by atoms with Crippen LogP contribution in [0.3, 0.4) is 0 Å². The van der Waals surface area contributed by atoms with Gasteiger partial charge in [-0.15, -0.1) is 0 Å². The first kappa shape index (κ1) is 7.51. The molecule has 0 aromatic rings. The first-order chi connectivity index (χ1) is 4.20. The molecule has 0 spiro atoms. The van der Waals surface area contributed by atoms with Crippen molar-refractivity contribution in [3.8, 4) is 0 Å². The van der Waals surface area contributed by atoms with E-state index in [2.05, 4.69) is 15.9 Å². The number of hydrogen-bond donors (Lipinski definition) is 1. The molecule has 0 saturated carbocycles. The molecule has 0 aliphatic carbocycles. The third kappa shape index (κ3) is 1.92. The van der Waals surface area contributed by atoms with Gasteiger partial charge in [0.05, 0.1) is 23.6 Å². The van der Waals surface area contributed by atoms with Gasteiger partial charge in [0.1, 0.15) is 0 Å². The van der Waals surface area contributed by atoms with Gasteiger partial charge < -0.3 is 9.84 Å². The van der Waals surface area contributed by atoms with Gasteiger partial charge >= 0.3 is 0 Å². The topological polar surface area (TPSA) is 29.5 Å². The predicted octanol–water partition coefficient (Wildman–Crippen LogP) is 0.920. The maximum absolute atomic E-state index is 9.22. The van der Waals surface area contributed by atoms with E-state index in [1.165, 1.54) is 0 Å². The van der Waals surface area contributed by atoms with Crippen molar-refractivity contribution in [2.45, 2.75) is 30.4 Å². The molecule has 1 rings (SSSR count). The number of rotatable bonds is 0. The van der Waals surface area contributed by atoms with E-state index in [9.17, 15) is 5.11 Å². The lowest BCUT2D eigenvalue weighted by Gasteiger charge is -2.27. The van der Waals surface area contributed by atoms with E-state index in [0.29, 0.717) is 6.61 Å². The Morgan fingerprint density at radius 2 is 2.33 bits per heavy atom. The predicted molar refractivity (Wildman–Crippen MR) is 38.8 cm³/mol. The molecule has 3 unspecified atom stereocenters. The van der Waals surface area contributed by atoms with Gasteiger partial charge in [-0.1, -0.05) is 15.9 Å². The van der Waals surface area contributed by atoms with Crippen LogP contribution in [0.2, 0.25) is 0 Å². The SMILES string of the molecule is CC1CC(O)C(Br)CO1. The zero-order chi connectivity index (χ0) is 6.85. The van der Waals surface area contributed by atoms with Crippen molar-refractivity contribution in [2.24, 2.45) is 0 Å². The third-order valence-corrected chi connectivity index (χ3v) is 2.41. The van der Waals surface area contributed by atoms with E-state index in [0.717, 1.165) is 6.42 Å². The smallest absolute Gasteiger partial charge is 0.0712 e. The molecule has 0 bridgehead atoms. The zero-order valence-corrected chi connectivity index (χ0v) is 6.97. The Labute approximate surface area is 63.3 Å². The summed E-state index contributed by atoms with van der Waals surface area (Å²) in [5, 5.41) is 9.22. The van der Waals surface area contributed by atoms with Crippen LogP contribution in [0.5, 0.6) is 0 Å². The molecule has 0 aromatic carbocycles. The molecule has 1 saturated heterocycles. The van der Waals surface area contributed by atoms with Gasteiger partial charge in [0, 0.05) is 6.42 Å². The molecule has 3 atom stereocenters. The molecule has 1 fully saturated rings. The highest BCUT2D eigenvalue weighted by molar-refractivity contribution is 9.09. The molecule has 54 valence electrons. The fourth-order valence-corrected chi connectivity index (χ4v) is 1.29. The second kappa shape index (κ2) is 2.99. The van der Waals surface area contributed by atoms with Gasteiger partial charge in [-0.05, 0) is 6.92 Å². The summed E-state index contributed by atoms with van der Waals surface area (Å²) in [6.45, 7) is 2.60. The van der Waals surface area contributed by atoms with Crippen LogP contribution in [-0.4, -0.2) is 28.7 Å². The van der Waals surface area contributed by atoms with Gasteiger partial charge in [-0.25, -0.2) is 0 Å². The van der Waals surface area contributed by atoms with Crippen molar-refractivity contribution in [1.82, 2.24) is 0 Å². The minimum atomic E-state index is -0.228. The zero-order valence-electron chi connectivity index (χ0n) is 5.38. The van der Waals surface area contributed by atoms with Crippen LogP contribution in [0.15, 0.2) is 0 Å². The second-order valence-corrected chi connectivity index (χ2v) is 3.64. The maximum Gasteiger partial charge on any atom is 0.0712 e. The molecule has 2 nitrogen and oxygen atoms in total. The number of alkyl halides is 1. The molecule has 0 aromatic heterocycles. The Hall–Kier alpha value is 0.400. The second-order valence-electron chi connectivity index (χ2n) is 2.46. The van der Waals surface area contributed by atoms with Crippen molar-refractivity contribution >= 4 is 15.9 Å². The van der Waals surface area contributed by atoms with Gasteiger partial charge in [-0.2, -0.15) is 0 Å². The van der Waals surface area contributed by atoms with Crippen molar-refractivity contribution in [1.29, 1.82) is 0 Å². The summed E-state index contributed by atoms with van der Waals surface area (Å²) in [7, 11) is 0. The minimum Gasteiger partial charge on any atom is -0.392 e. The van der Waals surface area contributed by atoms with Crippen LogP contribution >= 0.6 is 15.9 Å². The molecular weight excluding hydrogens is 184 g/mol. The first-order valence-corrected chi connectivity index (χ1v) is 4.05. The van der Waals surface area contributed by atoms with Crippen molar-refractivity contribution in [3.05, 3.63) is 0 Å². The molecule has 1 aliphatic heterocycles. The third-order valence-electron chi connectivity index (χ3n) is 1.53. The van der Waals surface area contributed by atoms with Crippen LogP contribution in [-0.2, 0) is 4.74 Å². The van der Waals surface area contributed by atoms with E-state index in [4.69, 9.17) is 4.74 Å². The average Bonchev–Trinajstić information content (AvgIpc) is 1.80. The van der Waals surface area contributed by atoms with E-state index in [1.807, 2.05) is 6.92 Å². The Kier molecular flexibility index (Phi) is 2.50. The Morgan fingerprint density at radius 1 is 1.67 bits per heavy atom. The number of ether oxygens (including phenoxy) is 1. The van der Waals surface area contributed by atoms with Crippen LogP contribution in [0.4, 0.5) is 0 Å². The Bertz CT molecular complexity index is 97.1. The largest absolute Gasteiger partial charge is 0.392 e. The van der Waals surface area contributed by atoms with Crippen LogP contribution in [0.1, 0.15) is 13.3 Å². The van der Waals surface area contributed by atoms with E-state index < -0.39 is 0 Å². The fraction of sp³-hybridized carbons (Fsp3) is 1.00. The maximum atomic E-state index is 9.22. The quantitative estimate of drug-likeness (QED) is 0.582. The summed E-state index contributed by atoms with van der Waals surface area (Å²) in [5.74, 6) is 0. The van der Waals surface area contributed by atoms with Gasteiger partial charge in [0.25, 0.3) is 0 Å². The number of hydrogen-bond acceptors (Lipinski definition) is 2. The summed E-state index contributed by atoms with van der Waals surface area (Å²) < 4.78 is 5.25. The highest BCUT2D eigenvalue weighted by Gasteiger charge is 2.24. The van der Waals surface area contributed by atoms with Crippen LogP contribution in [0, 0.1) is 0 Å². The molecule has 0 amide bonds. The summed E-state index contributed by atoms with van der Waals surface area (Å²) in [6, 6.07) is 0. The minimum absolute atomic E-state index is 0.133. The van der Waals surface area contributed by atoms with Gasteiger partial charge in [0.2, 0.25) is 0 Å². The normalized spacial score (nSPS) is 45.0. The van der Waals surface area contributed by atoms with Gasteiger partial charge in [0.15, 0.2) is 0 Å². The molecule has 1 aliphatic rings. The molecule has 3 heteroatoms. The standard InChI is InChI=1S/C6H11BrO2/c1-4-2-6(8)5(7)3-9-4/h4-6,8H,2-3H2,1H3. The lowest BCUT2D eigenvalue weighted by molar-refractivity contribution is -0.0272. The molecule has 1 N–H and O–H groups in total. The van der Waals surface area contributed by atoms with E-state index in [1.54, 1.807) is 0 Å². The molecule has 0 radical (unpaired) electrons. The first-order valence-electron chi connectivity index (χ1n) is 3.14. The lowest BCUT2D eigenvalue weighted by Crippen LogP contribution is -2.36. The molecule has 9 heavy (non-hydrogen) atoms. The number of aliphatic hydroxyl groups excluding tert-OH is 1. The number of halogens is 1. The Morgan fingerprint density at radius 3 is 2.78 bits per heavy atom. The van der Waals surface area contributed by atoms with Crippen LogP contribution < -0.4 is 0 Å². The van der Waals surface area contributed by atoms with Crippen molar-refractivity contribution in [3.63, 3.8) is 0 Å². The highest BCUT2D eigenvalue weighted by Crippen LogP contribution is 2.19. The summed E-state index contributed by atoms with van der Waals surface area (Å²) in [6.07, 6.45) is 0.734. The van der Waals surface area contributed by atoms with Crippen LogP contribution in [0.25, 0.3) is 0 Å². The average molecular weight is 195 g/mol. The van der Waals surface area contributed by atoms with Crippen molar-refractivity contribution in [2.75, 3.05) is 6.61 Å². The monoisotopic (exact) mass is 194 g/mol. The summed E-state index contributed by atoms with van der Waals surface area (Å²) in [4.78, 5) is 0.133. The summed E-state index contributed by atoms with van der Waals surface area (Å²) in [5.41, 5.74) is 0. The molecule has 1 heterocycles. The van der Waals surface area contributed by atoms with E-state index in [-0.39, 0.29) is 17.0 Å². The molecular formula is C6H11BrO2. The van der Waals surface area contributed by atoms with Gasteiger partial charge in [-0.3, -0.25) is 0 Å². The fourth-order valence-electron chi connectivity index (χ4n) is 0.923. The number of aliphatic hydroxyl groups is 1. The van der Waals surface area contributed by atoms with Crippen molar-refractivity contribution < 1.29 is 9.84 Å². The Balaban J connectivity index is 2.35. The highest BCUT2D eigenvalue weighted by atomic mass is 79.9. The summed E-state index contributed by atoms with van der Waals surface area (Å²) >= 11 is 3.31. The lowest BCUT2D eigenvalue weighted by atomic mass is 10.1. The van der Waals surface area contributed by atoms with E-state index >= 15 is 0 Å².